The predicted octanol–water partition coefficient (Wildman–Crippen LogP) is 4.48. The second kappa shape index (κ2) is 15.5. The molecule has 0 saturated heterocycles. The summed E-state index contributed by atoms with van der Waals surface area (Å²) in [6.07, 6.45) is 4.46. The Bertz CT molecular complexity index is 549. The van der Waals surface area contributed by atoms with E-state index < -0.39 is 0 Å². The first-order valence-corrected chi connectivity index (χ1v) is 8.31. The molecule has 7 heteroatoms. The zero-order chi connectivity index (χ0) is 17.7. The molecule has 1 amide bonds. The van der Waals surface area contributed by atoms with E-state index in [0.29, 0.717) is 18.7 Å². The first kappa shape index (κ1) is 25.2. The third kappa shape index (κ3) is 11.5. The van der Waals surface area contributed by atoms with Gasteiger partial charge in [-0.15, -0.1) is 0 Å². The van der Waals surface area contributed by atoms with E-state index in [2.05, 4.69) is 32.3 Å². The number of amidine groups is 1. The molecular weight excluding hydrogens is 465 g/mol. The summed E-state index contributed by atoms with van der Waals surface area (Å²) in [7, 11) is 0. The molecule has 1 aliphatic heterocycles. The molecule has 0 saturated carbocycles. The van der Waals surface area contributed by atoms with E-state index in [0.717, 1.165) is 28.7 Å². The molecule has 1 aromatic carbocycles. The van der Waals surface area contributed by atoms with Crippen LogP contribution in [-0.4, -0.2) is 30.5 Å². The summed E-state index contributed by atoms with van der Waals surface area (Å²) in [6, 6.07) is 5.96. The molecule has 138 valence electrons. The van der Waals surface area contributed by atoms with Crippen molar-refractivity contribution in [1.82, 2.24) is 5.32 Å². The van der Waals surface area contributed by atoms with E-state index in [1.54, 1.807) is 6.92 Å². The van der Waals surface area contributed by atoms with Crippen molar-refractivity contribution < 1.29 is 30.3 Å². The minimum atomic E-state index is 0. The number of hydrogen-bond donors (Lipinski definition) is 2. The van der Waals surface area contributed by atoms with Crippen LogP contribution in [0.1, 0.15) is 39.2 Å². The number of halogens is 1. The molecule has 0 atom stereocenters. The minimum Gasteiger partial charge on any atom is -0.485 e. The molecule has 0 unspecified atom stereocenters. The molecule has 1 heterocycles. The van der Waals surface area contributed by atoms with Crippen molar-refractivity contribution in [2.75, 3.05) is 13.2 Å². The Kier molecular flexibility index (Phi) is 16.3. The van der Waals surface area contributed by atoms with E-state index >= 15 is 0 Å². The molecule has 2 rings (SSSR count). The minimum absolute atomic E-state index is 0. The quantitative estimate of drug-likeness (QED) is 0.373. The Morgan fingerprint density at radius 1 is 1.42 bits per heavy atom. The number of aliphatic hydroxyl groups is 1. The number of aliphatic imine (C=N–C) groups is 1. The van der Waals surface area contributed by atoms with Crippen LogP contribution >= 0.6 is 15.9 Å². The van der Waals surface area contributed by atoms with Gasteiger partial charge >= 0.3 is 0 Å². The van der Waals surface area contributed by atoms with Gasteiger partial charge in [-0.1, -0.05) is 46.4 Å². The normalized spacial score (nSPS) is 11.5. The second-order valence-electron chi connectivity index (χ2n) is 4.82. The van der Waals surface area contributed by atoms with Crippen LogP contribution in [-0.2, 0) is 25.2 Å². The van der Waals surface area contributed by atoms with Gasteiger partial charge in [0.25, 0.3) is 0 Å². The predicted molar refractivity (Wildman–Crippen MR) is 101 cm³/mol. The molecule has 1 aliphatic rings. The summed E-state index contributed by atoms with van der Waals surface area (Å²) in [6.45, 7) is 6.77. The van der Waals surface area contributed by atoms with Crippen molar-refractivity contribution in [2.24, 2.45) is 4.99 Å². The number of nitrogens with one attached hydrogen (secondary N) is 2. The Labute approximate surface area is 166 Å². The summed E-state index contributed by atoms with van der Waals surface area (Å²) >= 11 is 3.40. The molecular formula is C17H25BrN3O2Pd-. The van der Waals surface area contributed by atoms with Crippen molar-refractivity contribution >= 4 is 39.9 Å². The molecule has 0 bridgehead atoms. The number of benzene rings is 1. The SMILES string of the molecule is CC1=Cc2ccc(Br)cc2N=C([NH-])C1.CCCNC=O.CCO.[Pd]. The van der Waals surface area contributed by atoms with Crippen LogP contribution in [0.2, 0.25) is 0 Å². The van der Waals surface area contributed by atoms with Gasteiger partial charge in [-0.3, -0.25) is 4.79 Å². The third-order valence-corrected chi connectivity index (χ3v) is 3.07. The van der Waals surface area contributed by atoms with Crippen LogP contribution in [0.3, 0.4) is 0 Å². The van der Waals surface area contributed by atoms with Crippen molar-refractivity contribution in [1.29, 1.82) is 0 Å². The first-order chi connectivity index (χ1) is 11.0. The van der Waals surface area contributed by atoms with Crippen LogP contribution in [0, 0.1) is 0 Å². The van der Waals surface area contributed by atoms with Gasteiger partial charge < -0.3 is 21.1 Å². The van der Waals surface area contributed by atoms with Crippen molar-refractivity contribution in [3.05, 3.63) is 39.5 Å². The van der Waals surface area contributed by atoms with Crippen LogP contribution < -0.4 is 5.32 Å². The van der Waals surface area contributed by atoms with Gasteiger partial charge in [-0.05, 0) is 50.1 Å². The molecule has 0 radical (unpaired) electrons. The molecule has 5 nitrogen and oxygen atoms in total. The Balaban J connectivity index is 0. The monoisotopic (exact) mass is 488 g/mol. The van der Waals surface area contributed by atoms with Crippen LogP contribution in [0.4, 0.5) is 5.69 Å². The summed E-state index contributed by atoms with van der Waals surface area (Å²) in [5.74, 6) is 0.426. The standard InChI is InChI=1S/C11H10BrN2.C4H9NO.C2H6O.Pd/c1-7-4-8-2-3-9(12)6-10(8)14-11(13)5-7;1-2-3-5-4-6;1-2-3;/h2-4,6H,5H2,1H3,(H-,13,14);4H,2-3H2,1H3,(H,5,6);3H,2H2,1H3;/q-1;;;. The maximum atomic E-state index is 9.45. The van der Waals surface area contributed by atoms with E-state index in [-0.39, 0.29) is 27.0 Å². The first-order valence-electron chi connectivity index (χ1n) is 7.52. The number of hydrogen-bond acceptors (Lipinski definition) is 3. The van der Waals surface area contributed by atoms with Crippen molar-refractivity contribution in [2.45, 2.75) is 33.6 Å². The Hall–Kier alpha value is -0.998. The third-order valence-electron chi connectivity index (χ3n) is 2.57. The average molecular weight is 490 g/mol. The summed E-state index contributed by atoms with van der Waals surface area (Å²) in [5, 5.41) is 10.1. The van der Waals surface area contributed by atoms with E-state index in [4.69, 9.17) is 10.8 Å². The van der Waals surface area contributed by atoms with Gasteiger partial charge in [0.1, 0.15) is 0 Å². The van der Waals surface area contributed by atoms with E-state index in [9.17, 15) is 4.79 Å². The van der Waals surface area contributed by atoms with Gasteiger partial charge in [0, 0.05) is 38.0 Å². The van der Waals surface area contributed by atoms with Gasteiger partial charge in [-0.25, -0.2) is 0 Å². The fourth-order valence-corrected chi connectivity index (χ4v) is 2.05. The van der Waals surface area contributed by atoms with E-state index in [1.165, 1.54) is 5.57 Å². The summed E-state index contributed by atoms with van der Waals surface area (Å²) in [5.41, 5.74) is 10.8. The largest absolute Gasteiger partial charge is 0.485 e. The molecule has 1 aromatic rings. The number of aliphatic hydroxyl groups excluding tert-OH is 1. The molecule has 3 N–H and O–H groups in total. The van der Waals surface area contributed by atoms with Crippen LogP contribution in [0.25, 0.3) is 11.8 Å². The smallest absolute Gasteiger partial charge is 0.207 e. The second-order valence-corrected chi connectivity index (χ2v) is 5.73. The van der Waals surface area contributed by atoms with Gasteiger partial charge in [0.05, 0.1) is 0 Å². The van der Waals surface area contributed by atoms with E-state index in [1.807, 2.05) is 32.0 Å². The average Bonchev–Trinajstić information content (AvgIpc) is 2.62. The fourth-order valence-electron chi connectivity index (χ4n) is 1.70. The topological polar surface area (TPSA) is 85.5 Å². The van der Waals surface area contributed by atoms with Crippen molar-refractivity contribution in [3.8, 4) is 0 Å². The van der Waals surface area contributed by atoms with Gasteiger partial charge in [0.15, 0.2) is 0 Å². The molecule has 0 aliphatic carbocycles. The molecule has 24 heavy (non-hydrogen) atoms. The van der Waals surface area contributed by atoms with Crippen molar-refractivity contribution in [3.63, 3.8) is 0 Å². The zero-order valence-electron chi connectivity index (χ0n) is 14.2. The summed E-state index contributed by atoms with van der Waals surface area (Å²) < 4.78 is 1.00. The molecule has 0 fully saturated rings. The summed E-state index contributed by atoms with van der Waals surface area (Å²) in [4.78, 5) is 13.7. The van der Waals surface area contributed by atoms with Crippen LogP contribution in [0.15, 0.2) is 33.2 Å². The number of carbonyl (C=O) groups excluding carboxylic acids is 1. The number of fused-ring (bicyclic) bond motifs is 1. The fraction of sp³-hybridized carbons (Fsp3) is 0.412. The number of nitrogens with zero attached hydrogens (tertiary/aromatic N) is 1. The van der Waals surface area contributed by atoms with Gasteiger partial charge in [-0.2, -0.15) is 0 Å². The number of rotatable bonds is 3. The molecule has 0 aromatic heterocycles. The molecule has 0 spiro atoms. The zero-order valence-corrected chi connectivity index (χ0v) is 17.4. The van der Waals surface area contributed by atoms with Gasteiger partial charge in [0.2, 0.25) is 6.41 Å². The number of amides is 1. The van der Waals surface area contributed by atoms with Crippen LogP contribution in [0.5, 0.6) is 0 Å². The maximum Gasteiger partial charge on any atom is 0.207 e. The Morgan fingerprint density at radius 3 is 2.54 bits per heavy atom. The Morgan fingerprint density at radius 2 is 2.04 bits per heavy atom. The maximum absolute atomic E-state index is 9.45. The number of carbonyl (C=O) groups is 1.